The van der Waals surface area contributed by atoms with Crippen LogP contribution in [0.3, 0.4) is 0 Å². The van der Waals surface area contributed by atoms with Crippen molar-refractivity contribution in [1.29, 1.82) is 0 Å². The van der Waals surface area contributed by atoms with Gasteiger partial charge in [0.1, 0.15) is 0 Å². The van der Waals surface area contributed by atoms with Crippen LogP contribution in [0.5, 0.6) is 0 Å². The number of benzene rings is 2. The average molecular weight is 324 g/mol. The number of aryl methyl sites for hydroxylation is 1. The lowest BCUT2D eigenvalue weighted by Crippen LogP contribution is -2.44. The molecule has 1 amide bonds. The summed E-state index contributed by atoms with van der Waals surface area (Å²) in [6.07, 6.45) is 0.456. The molecule has 0 bridgehead atoms. The predicted octanol–water partition coefficient (Wildman–Crippen LogP) is 2.66. The molecule has 1 aliphatic heterocycles. The van der Waals surface area contributed by atoms with Crippen molar-refractivity contribution in [2.24, 2.45) is 0 Å². The molecule has 24 heavy (non-hydrogen) atoms. The zero-order valence-electron chi connectivity index (χ0n) is 14.0. The highest BCUT2D eigenvalue weighted by atomic mass is 16.5. The first-order chi connectivity index (χ1) is 11.7. The minimum Gasteiger partial charge on any atom is -0.378 e. The minimum absolute atomic E-state index is 0.0544. The van der Waals surface area contributed by atoms with Crippen LogP contribution in [-0.4, -0.2) is 31.7 Å². The molecule has 4 heteroatoms. The molecule has 3 rings (SSSR count). The Bertz CT molecular complexity index is 676. The quantitative estimate of drug-likeness (QED) is 0.889. The molecule has 1 unspecified atom stereocenters. The molecule has 1 aliphatic rings. The highest BCUT2D eigenvalue weighted by molar-refractivity contribution is 5.76. The summed E-state index contributed by atoms with van der Waals surface area (Å²) in [7, 11) is 0. The van der Waals surface area contributed by atoms with Crippen molar-refractivity contribution in [1.82, 2.24) is 10.6 Å². The maximum absolute atomic E-state index is 12.1. The van der Waals surface area contributed by atoms with E-state index < -0.39 is 0 Å². The monoisotopic (exact) mass is 324 g/mol. The van der Waals surface area contributed by atoms with Gasteiger partial charge in [0.2, 0.25) is 5.91 Å². The molecule has 1 heterocycles. The third-order valence-corrected chi connectivity index (χ3v) is 4.23. The fraction of sp³-hybridized carbons (Fsp3) is 0.350. The molecule has 0 aliphatic carbocycles. The van der Waals surface area contributed by atoms with Crippen LogP contribution < -0.4 is 10.6 Å². The van der Waals surface area contributed by atoms with Crippen LogP contribution in [0.1, 0.15) is 17.5 Å². The Morgan fingerprint density at radius 2 is 2.04 bits per heavy atom. The van der Waals surface area contributed by atoms with E-state index in [1.807, 2.05) is 12.1 Å². The molecule has 0 spiro atoms. The molecule has 126 valence electrons. The summed E-state index contributed by atoms with van der Waals surface area (Å²) in [6.45, 7) is 4.78. The summed E-state index contributed by atoms with van der Waals surface area (Å²) in [4.78, 5) is 12.1. The molecule has 2 N–H and O–H groups in total. The molecular formula is C20H24N2O2. The predicted molar refractivity (Wildman–Crippen MR) is 95.7 cm³/mol. The van der Waals surface area contributed by atoms with Gasteiger partial charge < -0.3 is 15.4 Å². The van der Waals surface area contributed by atoms with Crippen molar-refractivity contribution in [2.45, 2.75) is 25.9 Å². The Morgan fingerprint density at radius 3 is 2.79 bits per heavy atom. The van der Waals surface area contributed by atoms with E-state index in [1.54, 1.807) is 0 Å². The van der Waals surface area contributed by atoms with Gasteiger partial charge in [0.25, 0.3) is 0 Å². The molecule has 2 aromatic carbocycles. The third kappa shape index (κ3) is 4.66. The van der Waals surface area contributed by atoms with E-state index in [0.29, 0.717) is 19.6 Å². The van der Waals surface area contributed by atoms with Crippen molar-refractivity contribution in [2.75, 3.05) is 19.8 Å². The SMILES string of the molecule is Cc1ccc(-c2cccc(CNC(=O)CC3COCCN3)c2)cc1. The van der Waals surface area contributed by atoms with Crippen LogP contribution in [0, 0.1) is 6.92 Å². The molecule has 0 aromatic heterocycles. The second-order valence-corrected chi connectivity index (χ2v) is 6.27. The van der Waals surface area contributed by atoms with Gasteiger partial charge in [-0.15, -0.1) is 0 Å². The van der Waals surface area contributed by atoms with Crippen molar-refractivity contribution in [3.63, 3.8) is 0 Å². The molecular weight excluding hydrogens is 300 g/mol. The Labute approximate surface area is 143 Å². The normalized spacial score (nSPS) is 17.5. The molecule has 1 saturated heterocycles. The Balaban J connectivity index is 1.56. The minimum atomic E-state index is 0.0544. The van der Waals surface area contributed by atoms with Crippen LogP contribution in [0.2, 0.25) is 0 Å². The summed E-state index contributed by atoms with van der Waals surface area (Å²) >= 11 is 0. The Kier molecular flexibility index (Phi) is 5.62. The lowest BCUT2D eigenvalue weighted by molar-refractivity contribution is -0.122. The molecule has 2 aromatic rings. The summed E-state index contributed by atoms with van der Waals surface area (Å²) < 4.78 is 5.38. The first-order valence-corrected chi connectivity index (χ1v) is 8.44. The zero-order chi connectivity index (χ0) is 16.8. The van der Waals surface area contributed by atoms with Crippen LogP contribution in [0.4, 0.5) is 0 Å². The number of morpholine rings is 1. The van der Waals surface area contributed by atoms with Crippen molar-refractivity contribution in [3.05, 3.63) is 59.7 Å². The molecule has 1 atom stereocenters. The number of carbonyl (C=O) groups excluding carboxylic acids is 1. The van der Waals surface area contributed by atoms with Crippen molar-refractivity contribution in [3.8, 4) is 11.1 Å². The van der Waals surface area contributed by atoms with E-state index in [-0.39, 0.29) is 11.9 Å². The first kappa shape index (κ1) is 16.7. The van der Waals surface area contributed by atoms with E-state index in [2.05, 4.69) is 54.0 Å². The Morgan fingerprint density at radius 1 is 1.21 bits per heavy atom. The zero-order valence-corrected chi connectivity index (χ0v) is 14.0. The van der Waals surface area contributed by atoms with Crippen LogP contribution in [-0.2, 0) is 16.1 Å². The van der Waals surface area contributed by atoms with E-state index in [1.165, 1.54) is 16.7 Å². The lowest BCUT2D eigenvalue weighted by atomic mass is 10.0. The van der Waals surface area contributed by atoms with Gasteiger partial charge in [-0.25, -0.2) is 0 Å². The smallest absolute Gasteiger partial charge is 0.221 e. The van der Waals surface area contributed by atoms with Gasteiger partial charge in [-0.3, -0.25) is 4.79 Å². The molecule has 0 saturated carbocycles. The van der Waals surface area contributed by atoms with Crippen LogP contribution >= 0.6 is 0 Å². The number of hydrogen-bond donors (Lipinski definition) is 2. The fourth-order valence-electron chi connectivity index (χ4n) is 2.85. The van der Waals surface area contributed by atoms with Gasteiger partial charge in [0, 0.05) is 25.6 Å². The number of carbonyl (C=O) groups is 1. The topological polar surface area (TPSA) is 50.4 Å². The molecule has 4 nitrogen and oxygen atoms in total. The van der Waals surface area contributed by atoms with E-state index in [0.717, 1.165) is 18.7 Å². The summed E-state index contributed by atoms with van der Waals surface area (Å²) in [6, 6.07) is 16.9. The van der Waals surface area contributed by atoms with E-state index in [9.17, 15) is 4.79 Å². The Hall–Kier alpha value is -2.17. The lowest BCUT2D eigenvalue weighted by Gasteiger charge is -2.23. The van der Waals surface area contributed by atoms with Gasteiger partial charge in [-0.2, -0.15) is 0 Å². The average Bonchev–Trinajstić information content (AvgIpc) is 2.62. The second-order valence-electron chi connectivity index (χ2n) is 6.27. The van der Waals surface area contributed by atoms with Crippen LogP contribution in [0.25, 0.3) is 11.1 Å². The van der Waals surface area contributed by atoms with E-state index in [4.69, 9.17) is 4.74 Å². The first-order valence-electron chi connectivity index (χ1n) is 8.44. The van der Waals surface area contributed by atoms with Gasteiger partial charge in [0.15, 0.2) is 0 Å². The summed E-state index contributed by atoms with van der Waals surface area (Å²) in [5, 5.41) is 6.30. The number of hydrogen-bond acceptors (Lipinski definition) is 3. The largest absolute Gasteiger partial charge is 0.378 e. The summed E-state index contributed by atoms with van der Waals surface area (Å²) in [5.74, 6) is 0.0544. The molecule has 0 radical (unpaired) electrons. The number of nitrogens with one attached hydrogen (secondary N) is 2. The number of ether oxygens (including phenoxy) is 1. The molecule has 1 fully saturated rings. The van der Waals surface area contributed by atoms with Gasteiger partial charge in [-0.05, 0) is 29.7 Å². The summed E-state index contributed by atoms with van der Waals surface area (Å²) in [5.41, 5.74) is 4.72. The maximum Gasteiger partial charge on any atom is 0.221 e. The third-order valence-electron chi connectivity index (χ3n) is 4.23. The second kappa shape index (κ2) is 8.08. The number of rotatable bonds is 5. The van der Waals surface area contributed by atoms with Gasteiger partial charge in [-0.1, -0.05) is 48.0 Å². The van der Waals surface area contributed by atoms with Gasteiger partial charge in [0.05, 0.1) is 13.2 Å². The number of amides is 1. The van der Waals surface area contributed by atoms with Crippen LogP contribution in [0.15, 0.2) is 48.5 Å². The highest BCUT2D eigenvalue weighted by Gasteiger charge is 2.16. The van der Waals surface area contributed by atoms with Gasteiger partial charge >= 0.3 is 0 Å². The van der Waals surface area contributed by atoms with Crippen molar-refractivity contribution >= 4 is 5.91 Å². The standard InChI is InChI=1S/C20H24N2O2/c1-15-5-7-17(8-6-15)18-4-2-3-16(11-18)13-22-20(23)12-19-14-24-10-9-21-19/h2-8,11,19,21H,9-10,12-14H2,1H3,(H,22,23). The maximum atomic E-state index is 12.1. The fourth-order valence-corrected chi connectivity index (χ4v) is 2.85. The van der Waals surface area contributed by atoms with Crippen molar-refractivity contribution < 1.29 is 9.53 Å². The highest BCUT2D eigenvalue weighted by Crippen LogP contribution is 2.20. The van der Waals surface area contributed by atoms with E-state index >= 15 is 0 Å².